The summed E-state index contributed by atoms with van der Waals surface area (Å²) < 4.78 is 23.3. The summed E-state index contributed by atoms with van der Waals surface area (Å²) in [5, 5.41) is 0. The molecule has 1 atom stereocenters. The van der Waals surface area contributed by atoms with E-state index in [1.165, 1.54) is 11.8 Å². The number of para-hydroxylation sites is 1. The molecule has 2 aliphatic heterocycles. The average Bonchev–Trinajstić information content (AvgIpc) is 2.89. The molecule has 1 aromatic rings. The molecule has 0 radical (unpaired) electrons. The van der Waals surface area contributed by atoms with Crippen molar-refractivity contribution in [3.05, 3.63) is 29.8 Å². The molecular formula is C16H22N2O3S. The summed E-state index contributed by atoms with van der Waals surface area (Å²) >= 11 is 0. The molecular weight excluding hydrogens is 300 g/mol. The number of hydrogen-bond acceptors (Lipinski definition) is 3. The third-order valence-corrected chi connectivity index (χ3v) is 5.48. The second-order valence-electron chi connectivity index (χ2n) is 6.25. The first kappa shape index (κ1) is 15.3. The van der Waals surface area contributed by atoms with Crippen molar-refractivity contribution in [2.45, 2.75) is 31.7 Å². The van der Waals surface area contributed by atoms with Crippen LogP contribution in [0.4, 0.5) is 10.5 Å². The van der Waals surface area contributed by atoms with Crippen molar-refractivity contribution in [2.75, 3.05) is 30.0 Å². The molecule has 1 saturated heterocycles. The molecule has 0 saturated carbocycles. The largest absolute Gasteiger partial charge is 0.324 e. The third-order valence-electron chi connectivity index (χ3n) is 4.49. The Bertz CT molecular complexity index is 672. The standard InChI is InChI=1S/C16H22N2O3S/c1-22(20,21)12-14-7-4-5-10-17(14)16(19)18-11-9-13-6-2-3-8-15(13)18/h2-3,6,8,14H,4-5,7,9-12H2,1H3. The predicted octanol–water partition coefficient (Wildman–Crippen LogP) is 2.07. The fraction of sp³-hybridized carbons (Fsp3) is 0.562. The second kappa shape index (κ2) is 5.91. The lowest BCUT2D eigenvalue weighted by Gasteiger charge is -2.37. The van der Waals surface area contributed by atoms with Crippen LogP contribution in [0.15, 0.2) is 24.3 Å². The zero-order valence-corrected chi connectivity index (χ0v) is 13.7. The zero-order chi connectivity index (χ0) is 15.7. The summed E-state index contributed by atoms with van der Waals surface area (Å²) in [5.74, 6) is 0.0637. The fourth-order valence-electron chi connectivity index (χ4n) is 3.47. The molecule has 120 valence electrons. The van der Waals surface area contributed by atoms with Crippen molar-refractivity contribution in [1.29, 1.82) is 0 Å². The molecule has 2 aliphatic rings. The van der Waals surface area contributed by atoms with Crippen molar-refractivity contribution in [3.63, 3.8) is 0 Å². The number of urea groups is 1. The van der Waals surface area contributed by atoms with E-state index in [0.29, 0.717) is 13.1 Å². The number of hydrogen-bond donors (Lipinski definition) is 0. The number of likely N-dealkylation sites (tertiary alicyclic amines) is 1. The highest BCUT2D eigenvalue weighted by Gasteiger charge is 2.34. The van der Waals surface area contributed by atoms with E-state index < -0.39 is 9.84 Å². The normalized spacial score (nSPS) is 21.8. The predicted molar refractivity (Wildman–Crippen MR) is 86.9 cm³/mol. The van der Waals surface area contributed by atoms with Crippen molar-refractivity contribution >= 4 is 21.6 Å². The van der Waals surface area contributed by atoms with Gasteiger partial charge in [-0.2, -0.15) is 0 Å². The van der Waals surface area contributed by atoms with Crippen LogP contribution in [0.3, 0.4) is 0 Å². The van der Waals surface area contributed by atoms with Gasteiger partial charge in [0.2, 0.25) is 0 Å². The molecule has 2 heterocycles. The van der Waals surface area contributed by atoms with Gasteiger partial charge in [0, 0.05) is 31.1 Å². The van der Waals surface area contributed by atoms with Gasteiger partial charge in [-0.25, -0.2) is 13.2 Å². The van der Waals surface area contributed by atoms with Gasteiger partial charge in [-0.3, -0.25) is 4.90 Å². The van der Waals surface area contributed by atoms with Gasteiger partial charge in [-0.1, -0.05) is 18.2 Å². The molecule has 1 fully saturated rings. The van der Waals surface area contributed by atoms with Crippen LogP contribution in [0.1, 0.15) is 24.8 Å². The average molecular weight is 322 g/mol. The second-order valence-corrected chi connectivity index (χ2v) is 8.43. The first-order valence-electron chi connectivity index (χ1n) is 7.79. The summed E-state index contributed by atoms with van der Waals surface area (Å²) in [6, 6.07) is 7.71. The fourth-order valence-corrected chi connectivity index (χ4v) is 4.51. The number of amides is 2. The molecule has 1 aromatic carbocycles. The Hall–Kier alpha value is -1.56. The third kappa shape index (κ3) is 3.11. The van der Waals surface area contributed by atoms with Crippen LogP contribution in [-0.4, -0.2) is 50.5 Å². The van der Waals surface area contributed by atoms with E-state index in [-0.39, 0.29) is 17.8 Å². The van der Waals surface area contributed by atoms with Crippen molar-refractivity contribution < 1.29 is 13.2 Å². The molecule has 0 N–H and O–H groups in total. The number of carbonyl (C=O) groups is 1. The minimum absolute atomic E-state index is 0.0432. The summed E-state index contributed by atoms with van der Waals surface area (Å²) in [7, 11) is -3.09. The van der Waals surface area contributed by atoms with E-state index in [9.17, 15) is 13.2 Å². The van der Waals surface area contributed by atoms with Gasteiger partial charge in [0.15, 0.2) is 0 Å². The molecule has 1 unspecified atom stereocenters. The minimum Gasteiger partial charge on any atom is -0.320 e. The van der Waals surface area contributed by atoms with Crippen LogP contribution in [0.2, 0.25) is 0 Å². The molecule has 0 spiro atoms. The highest BCUT2D eigenvalue weighted by Crippen LogP contribution is 2.30. The summed E-state index contributed by atoms with van der Waals surface area (Å²) in [6.07, 6.45) is 4.82. The number of sulfone groups is 1. The lowest BCUT2D eigenvalue weighted by atomic mass is 10.0. The lowest BCUT2D eigenvalue weighted by Crippen LogP contribution is -2.52. The van der Waals surface area contributed by atoms with E-state index >= 15 is 0 Å². The molecule has 2 amide bonds. The molecule has 0 aromatic heterocycles. The quantitative estimate of drug-likeness (QED) is 0.837. The number of carbonyl (C=O) groups excluding carboxylic acids is 1. The van der Waals surface area contributed by atoms with Crippen LogP contribution in [0.5, 0.6) is 0 Å². The highest BCUT2D eigenvalue weighted by molar-refractivity contribution is 7.90. The van der Waals surface area contributed by atoms with Crippen molar-refractivity contribution in [2.24, 2.45) is 0 Å². The SMILES string of the molecule is CS(=O)(=O)CC1CCCCN1C(=O)N1CCc2ccccc21. The van der Waals surface area contributed by atoms with Crippen LogP contribution in [0.25, 0.3) is 0 Å². The number of anilines is 1. The summed E-state index contributed by atoms with van der Waals surface area (Å²) in [6.45, 7) is 1.33. The van der Waals surface area contributed by atoms with E-state index in [0.717, 1.165) is 31.4 Å². The minimum atomic E-state index is -3.09. The Morgan fingerprint density at radius 2 is 2.00 bits per heavy atom. The maximum Gasteiger partial charge on any atom is 0.324 e. The van der Waals surface area contributed by atoms with Gasteiger partial charge < -0.3 is 4.90 Å². The van der Waals surface area contributed by atoms with Crippen molar-refractivity contribution in [1.82, 2.24) is 4.90 Å². The molecule has 5 nitrogen and oxygen atoms in total. The number of fused-ring (bicyclic) bond motifs is 1. The van der Waals surface area contributed by atoms with Crippen LogP contribution >= 0.6 is 0 Å². The summed E-state index contributed by atoms with van der Waals surface area (Å²) in [5.41, 5.74) is 2.16. The number of rotatable bonds is 2. The Kier molecular flexibility index (Phi) is 4.12. The molecule has 6 heteroatoms. The lowest BCUT2D eigenvalue weighted by molar-refractivity contribution is 0.165. The topological polar surface area (TPSA) is 57.7 Å². The van der Waals surface area contributed by atoms with E-state index in [2.05, 4.69) is 0 Å². The first-order valence-corrected chi connectivity index (χ1v) is 9.85. The molecule has 3 rings (SSSR count). The smallest absolute Gasteiger partial charge is 0.320 e. The van der Waals surface area contributed by atoms with Crippen molar-refractivity contribution in [3.8, 4) is 0 Å². The van der Waals surface area contributed by atoms with Gasteiger partial charge in [-0.05, 0) is 37.3 Å². The van der Waals surface area contributed by atoms with E-state index in [4.69, 9.17) is 0 Å². The number of nitrogens with zero attached hydrogens (tertiary/aromatic N) is 2. The monoisotopic (exact) mass is 322 g/mol. The summed E-state index contributed by atoms with van der Waals surface area (Å²) in [4.78, 5) is 16.5. The van der Waals surface area contributed by atoms with E-state index in [1.54, 1.807) is 9.80 Å². The Balaban J connectivity index is 1.81. The van der Waals surface area contributed by atoms with Gasteiger partial charge in [0.05, 0.1) is 5.75 Å². The highest BCUT2D eigenvalue weighted by atomic mass is 32.2. The molecule has 0 aliphatic carbocycles. The Morgan fingerprint density at radius 1 is 1.23 bits per heavy atom. The molecule has 22 heavy (non-hydrogen) atoms. The van der Waals surface area contributed by atoms with Gasteiger partial charge in [0.25, 0.3) is 0 Å². The van der Waals surface area contributed by atoms with Crippen LogP contribution < -0.4 is 4.90 Å². The van der Waals surface area contributed by atoms with Crippen LogP contribution in [0, 0.1) is 0 Å². The van der Waals surface area contributed by atoms with Gasteiger partial charge >= 0.3 is 6.03 Å². The van der Waals surface area contributed by atoms with Gasteiger partial charge in [0.1, 0.15) is 9.84 Å². The Labute approximate surface area is 131 Å². The van der Waals surface area contributed by atoms with Gasteiger partial charge in [-0.15, -0.1) is 0 Å². The maximum absolute atomic E-state index is 12.9. The van der Waals surface area contributed by atoms with Crippen LogP contribution in [-0.2, 0) is 16.3 Å². The molecule has 0 bridgehead atoms. The maximum atomic E-state index is 12.9. The number of piperidine rings is 1. The number of benzene rings is 1. The Morgan fingerprint density at radius 3 is 2.77 bits per heavy atom. The first-order chi connectivity index (χ1) is 10.5. The zero-order valence-electron chi connectivity index (χ0n) is 12.9. The van der Waals surface area contributed by atoms with E-state index in [1.807, 2.05) is 24.3 Å².